The molecule has 0 bridgehead atoms. The van der Waals surface area contributed by atoms with E-state index in [1.54, 1.807) is 13.3 Å². The van der Waals surface area contributed by atoms with Gasteiger partial charge in [-0.25, -0.2) is 0 Å². The van der Waals surface area contributed by atoms with Crippen molar-refractivity contribution in [3.05, 3.63) is 42.6 Å². The predicted octanol–water partition coefficient (Wildman–Crippen LogP) is 3.11. The number of benzene rings is 1. The minimum absolute atomic E-state index is 0.829. The summed E-state index contributed by atoms with van der Waals surface area (Å²) in [5.41, 5.74) is 4.62. The Labute approximate surface area is 114 Å². The van der Waals surface area contributed by atoms with Crippen molar-refractivity contribution in [2.24, 2.45) is 0 Å². The van der Waals surface area contributed by atoms with Gasteiger partial charge in [0.15, 0.2) is 0 Å². The molecule has 0 aliphatic heterocycles. The molecule has 20 heavy (non-hydrogen) atoms. The molecule has 5 nitrogen and oxygen atoms in total. The highest BCUT2D eigenvalue weighted by molar-refractivity contribution is 5.93. The number of rotatable bonds is 2. The molecule has 4 rings (SSSR count). The van der Waals surface area contributed by atoms with Gasteiger partial charge in [-0.3, -0.25) is 10.1 Å². The van der Waals surface area contributed by atoms with Crippen LogP contribution in [-0.4, -0.2) is 27.3 Å². The lowest BCUT2D eigenvalue weighted by molar-refractivity contribution is 0.415. The number of aromatic nitrogens is 4. The van der Waals surface area contributed by atoms with Crippen LogP contribution in [-0.2, 0) is 0 Å². The molecule has 0 saturated carbocycles. The quantitative estimate of drug-likeness (QED) is 0.584. The highest BCUT2D eigenvalue weighted by Gasteiger charge is 2.11. The maximum Gasteiger partial charge on any atom is 0.135 e. The lowest BCUT2D eigenvalue weighted by Crippen LogP contribution is -1.80. The topological polar surface area (TPSA) is 66.6 Å². The molecule has 1 aromatic carbocycles. The smallest absolute Gasteiger partial charge is 0.135 e. The summed E-state index contributed by atoms with van der Waals surface area (Å²) < 4.78 is 5.24. The largest absolute Gasteiger partial charge is 0.497 e. The average molecular weight is 264 g/mol. The molecular formula is C15H12N4O. The number of nitrogens with zero attached hydrogens (tertiary/aromatic N) is 2. The molecule has 98 valence electrons. The number of hydrogen-bond donors (Lipinski definition) is 2. The average Bonchev–Trinajstić information content (AvgIpc) is 3.09. The molecule has 0 amide bonds. The summed E-state index contributed by atoms with van der Waals surface area (Å²) in [7, 11) is 1.67. The van der Waals surface area contributed by atoms with E-state index in [1.807, 2.05) is 30.3 Å². The van der Waals surface area contributed by atoms with E-state index in [0.29, 0.717) is 0 Å². The van der Waals surface area contributed by atoms with Gasteiger partial charge in [-0.2, -0.15) is 5.10 Å². The number of aromatic amines is 2. The van der Waals surface area contributed by atoms with Crippen molar-refractivity contribution in [1.82, 2.24) is 20.2 Å². The Balaban J connectivity index is 1.93. The molecule has 3 heterocycles. The summed E-state index contributed by atoms with van der Waals surface area (Å²) in [5, 5.41) is 8.44. The van der Waals surface area contributed by atoms with Crippen LogP contribution in [0.5, 0.6) is 5.75 Å². The van der Waals surface area contributed by atoms with Crippen LogP contribution in [0, 0.1) is 0 Å². The van der Waals surface area contributed by atoms with E-state index >= 15 is 0 Å². The van der Waals surface area contributed by atoms with Gasteiger partial charge in [0.2, 0.25) is 0 Å². The first kappa shape index (κ1) is 11.0. The van der Waals surface area contributed by atoms with Crippen molar-refractivity contribution < 1.29 is 4.74 Å². The number of hydrogen-bond acceptors (Lipinski definition) is 3. The second-order valence-electron chi connectivity index (χ2n) is 4.61. The third kappa shape index (κ3) is 1.56. The van der Waals surface area contributed by atoms with Crippen molar-refractivity contribution in [3.63, 3.8) is 0 Å². The predicted molar refractivity (Wildman–Crippen MR) is 77.7 cm³/mol. The van der Waals surface area contributed by atoms with Crippen LogP contribution in [0.1, 0.15) is 0 Å². The lowest BCUT2D eigenvalue weighted by Gasteiger charge is -1.97. The van der Waals surface area contributed by atoms with E-state index in [-0.39, 0.29) is 0 Å². The molecule has 0 fully saturated rings. The van der Waals surface area contributed by atoms with Crippen molar-refractivity contribution >= 4 is 21.9 Å². The number of nitrogens with one attached hydrogen (secondary N) is 2. The Hall–Kier alpha value is -2.82. The third-order valence-corrected chi connectivity index (χ3v) is 3.40. The minimum atomic E-state index is 0.829. The molecular weight excluding hydrogens is 252 g/mol. The van der Waals surface area contributed by atoms with E-state index in [2.05, 4.69) is 26.2 Å². The Kier molecular flexibility index (Phi) is 2.26. The second kappa shape index (κ2) is 4.09. The molecule has 2 N–H and O–H groups in total. The molecule has 4 aromatic rings. The summed E-state index contributed by atoms with van der Waals surface area (Å²) in [6, 6.07) is 11.8. The Bertz CT molecular complexity index is 906. The molecule has 0 radical (unpaired) electrons. The maximum absolute atomic E-state index is 5.24. The van der Waals surface area contributed by atoms with Gasteiger partial charge in [-0.1, -0.05) is 0 Å². The Morgan fingerprint density at radius 3 is 2.95 bits per heavy atom. The zero-order valence-corrected chi connectivity index (χ0v) is 10.8. The van der Waals surface area contributed by atoms with Crippen molar-refractivity contribution in [2.45, 2.75) is 0 Å². The highest BCUT2D eigenvalue weighted by Crippen LogP contribution is 2.28. The monoisotopic (exact) mass is 264 g/mol. The van der Waals surface area contributed by atoms with Crippen LogP contribution < -0.4 is 4.74 Å². The first-order chi connectivity index (χ1) is 9.85. The van der Waals surface area contributed by atoms with Gasteiger partial charge < -0.3 is 9.72 Å². The van der Waals surface area contributed by atoms with Crippen molar-refractivity contribution in [2.75, 3.05) is 7.11 Å². The van der Waals surface area contributed by atoms with Gasteiger partial charge in [0.1, 0.15) is 17.0 Å². The fraction of sp³-hybridized carbons (Fsp3) is 0.0667. The summed E-state index contributed by atoms with van der Waals surface area (Å²) in [6.45, 7) is 0. The normalized spacial score (nSPS) is 11.2. The summed E-state index contributed by atoms with van der Waals surface area (Å²) in [5.74, 6) is 0.841. The summed E-state index contributed by atoms with van der Waals surface area (Å²) >= 11 is 0. The van der Waals surface area contributed by atoms with Gasteiger partial charge in [0.25, 0.3) is 0 Å². The van der Waals surface area contributed by atoms with Gasteiger partial charge >= 0.3 is 0 Å². The van der Waals surface area contributed by atoms with Crippen LogP contribution in [0.3, 0.4) is 0 Å². The van der Waals surface area contributed by atoms with Gasteiger partial charge in [-0.05, 0) is 36.4 Å². The maximum atomic E-state index is 5.24. The Morgan fingerprint density at radius 1 is 1.10 bits per heavy atom. The molecule has 0 saturated heterocycles. The number of ether oxygens (including phenoxy) is 1. The van der Waals surface area contributed by atoms with Crippen LogP contribution >= 0.6 is 0 Å². The van der Waals surface area contributed by atoms with Crippen LogP contribution in [0.2, 0.25) is 0 Å². The van der Waals surface area contributed by atoms with E-state index < -0.39 is 0 Å². The number of pyridine rings is 1. The van der Waals surface area contributed by atoms with E-state index in [0.717, 1.165) is 39.1 Å². The zero-order valence-electron chi connectivity index (χ0n) is 10.8. The van der Waals surface area contributed by atoms with E-state index in [1.165, 1.54) is 0 Å². The molecule has 0 aliphatic rings. The first-order valence-corrected chi connectivity index (χ1v) is 6.31. The minimum Gasteiger partial charge on any atom is -0.497 e. The standard InChI is InChI=1S/C15H12N4O/c1-20-10-4-5-11-9(7-10)8-13(17-11)15-14-12(18-19-15)3-2-6-16-14/h2-8,17H,1H3,(H,18,19). The van der Waals surface area contributed by atoms with Crippen LogP contribution in [0.4, 0.5) is 0 Å². The molecule has 0 unspecified atom stereocenters. The fourth-order valence-electron chi connectivity index (χ4n) is 2.41. The van der Waals surface area contributed by atoms with Crippen molar-refractivity contribution in [1.29, 1.82) is 0 Å². The Morgan fingerprint density at radius 2 is 2.05 bits per heavy atom. The highest BCUT2D eigenvalue weighted by atomic mass is 16.5. The zero-order chi connectivity index (χ0) is 13.5. The summed E-state index contributed by atoms with van der Waals surface area (Å²) in [4.78, 5) is 7.75. The SMILES string of the molecule is COc1ccc2[nH]c(-c3n[nH]c4cccnc34)cc2c1. The molecule has 5 heteroatoms. The number of fused-ring (bicyclic) bond motifs is 2. The van der Waals surface area contributed by atoms with Crippen molar-refractivity contribution in [3.8, 4) is 17.1 Å². The second-order valence-corrected chi connectivity index (χ2v) is 4.61. The third-order valence-electron chi connectivity index (χ3n) is 3.40. The number of H-pyrrole nitrogens is 2. The molecule has 0 atom stereocenters. The van der Waals surface area contributed by atoms with Crippen LogP contribution in [0.25, 0.3) is 33.3 Å². The fourth-order valence-corrected chi connectivity index (χ4v) is 2.41. The molecule has 3 aromatic heterocycles. The number of methoxy groups -OCH3 is 1. The molecule has 0 aliphatic carbocycles. The van der Waals surface area contributed by atoms with Gasteiger partial charge in [-0.15, -0.1) is 0 Å². The summed E-state index contributed by atoms with van der Waals surface area (Å²) in [6.07, 6.45) is 1.77. The van der Waals surface area contributed by atoms with Gasteiger partial charge in [0, 0.05) is 17.1 Å². The van der Waals surface area contributed by atoms with E-state index in [9.17, 15) is 0 Å². The van der Waals surface area contributed by atoms with E-state index in [4.69, 9.17) is 4.74 Å². The lowest BCUT2D eigenvalue weighted by atomic mass is 10.2. The van der Waals surface area contributed by atoms with Crippen LogP contribution in [0.15, 0.2) is 42.6 Å². The van der Waals surface area contributed by atoms with Gasteiger partial charge in [0.05, 0.1) is 18.3 Å². The first-order valence-electron chi connectivity index (χ1n) is 6.31. The molecule has 0 spiro atoms.